The normalized spacial score (nSPS) is 11.5. The van der Waals surface area contributed by atoms with Crippen LogP contribution in [0.5, 0.6) is 0 Å². The highest BCUT2D eigenvalue weighted by Gasteiger charge is 2.17. The van der Waals surface area contributed by atoms with E-state index in [4.69, 9.17) is 16.9 Å². The maximum absolute atomic E-state index is 11.4. The molecule has 0 spiro atoms. The number of aryl methyl sites for hydroxylation is 1. The van der Waals surface area contributed by atoms with Crippen LogP contribution in [0.15, 0.2) is 42.1 Å². The molecule has 0 aliphatic carbocycles. The predicted molar refractivity (Wildman–Crippen MR) is 101 cm³/mol. The minimum absolute atomic E-state index is 0.0792. The summed E-state index contributed by atoms with van der Waals surface area (Å²) in [6.45, 7) is 7.75. The van der Waals surface area contributed by atoms with Gasteiger partial charge in [-0.1, -0.05) is 30.3 Å². The standard InChI is InChI=1S/C19H19ClN4O2/c1-5-13(18(22-4)19(25)26)10-24-12(3)17(11(2)23-24)14-6-7-15(9-21)16(20)8-14/h5-8,22H,1,10H2,2-4H3,(H,25,26)/b18-13+. The highest BCUT2D eigenvalue weighted by atomic mass is 35.5. The second-order valence-electron chi connectivity index (χ2n) is 5.67. The first kappa shape index (κ1) is 19.3. The molecule has 0 fully saturated rings. The Kier molecular flexibility index (Phi) is 5.86. The molecule has 134 valence electrons. The number of hydrogen-bond donors (Lipinski definition) is 2. The van der Waals surface area contributed by atoms with Crippen LogP contribution in [0.25, 0.3) is 11.1 Å². The van der Waals surface area contributed by atoms with Crippen molar-refractivity contribution in [1.82, 2.24) is 15.1 Å². The van der Waals surface area contributed by atoms with Crippen LogP contribution in [-0.4, -0.2) is 27.9 Å². The number of benzene rings is 1. The second-order valence-corrected chi connectivity index (χ2v) is 6.08. The van der Waals surface area contributed by atoms with Gasteiger partial charge in [-0.2, -0.15) is 10.4 Å². The summed E-state index contributed by atoms with van der Waals surface area (Å²) in [6.07, 6.45) is 1.51. The Morgan fingerprint density at radius 1 is 1.50 bits per heavy atom. The second kappa shape index (κ2) is 7.89. The Morgan fingerprint density at radius 2 is 2.19 bits per heavy atom. The lowest BCUT2D eigenvalue weighted by molar-refractivity contribution is -0.133. The van der Waals surface area contributed by atoms with Gasteiger partial charge in [0.05, 0.1) is 22.8 Å². The number of allylic oxidation sites excluding steroid dienone is 2. The summed E-state index contributed by atoms with van der Waals surface area (Å²) in [6, 6.07) is 7.28. The fourth-order valence-electron chi connectivity index (χ4n) is 2.84. The first-order chi connectivity index (χ1) is 12.3. The van der Waals surface area contributed by atoms with Gasteiger partial charge in [-0.15, -0.1) is 0 Å². The number of aliphatic carboxylic acids is 1. The van der Waals surface area contributed by atoms with Crippen molar-refractivity contribution >= 4 is 17.6 Å². The van der Waals surface area contributed by atoms with Crippen molar-refractivity contribution in [2.75, 3.05) is 7.05 Å². The van der Waals surface area contributed by atoms with Crippen molar-refractivity contribution in [3.8, 4) is 17.2 Å². The molecule has 0 amide bonds. The third-order valence-electron chi connectivity index (χ3n) is 4.11. The van der Waals surface area contributed by atoms with Gasteiger partial charge >= 0.3 is 5.97 Å². The number of nitrogens with one attached hydrogen (secondary N) is 1. The summed E-state index contributed by atoms with van der Waals surface area (Å²) in [7, 11) is 1.55. The number of carbonyl (C=O) groups is 1. The van der Waals surface area contributed by atoms with Gasteiger partial charge in [0.15, 0.2) is 0 Å². The summed E-state index contributed by atoms with van der Waals surface area (Å²) < 4.78 is 1.73. The molecule has 7 heteroatoms. The van der Waals surface area contributed by atoms with Gasteiger partial charge in [0.25, 0.3) is 0 Å². The van der Waals surface area contributed by atoms with Crippen LogP contribution in [-0.2, 0) is 11.3 Å². The van der Waals surface area contributed by atoms with E-state index in [1.807, 2.05) is 26.0 Å². The van der Waals surface area contributed by atoms with E-state index in [1.54, 1.807) is 23.9 Å². The van der Waals surface area contributed by atoms with E-state index < -0.39 is 5.97 Å². The molecule has 6 nitrogen and oxygen atoms in total. The lowest BCUT2D eigenvalue weighted by Crippen LogP contribution is -2.20. The van der Waals surface area contributed by atoms with Gasteiger partial charge in [0.1, 0.15) is 11.8 Å². The number of aromatic nitrogens is 2. The summed E-state index contributed by atoms with van der Waals surface area (Å²) in [4.78, 5) is 11.4. The topological polar surface area (TPSA) is 90.9 Å². The number of halogens is 1. The van der Waals surface area contributed by atoms with Crippen LogP contribution >= 0.6 is 11.6 Å². The van der Waals surface area contributed by atoms with Crippen LogP contribution in [0.3, 0.4) is 0 Å². The molecule has 1 aromatic carbocycles. The quantitative estimate of drug-likeness (QED) is 0.600. The SMILES string of the molecule is C=C/C(Cn1nc(C)c(-c2ccc(C#N)c(Cl)c2)c1C)=C(\NC)C(=O)O. The fraction of sp³-hybridized carbons (Fsp3) is 0.211. The number of likely N-dealkylation sites (N-methyl/N-ethyl adjacent to an activating group) is 1. The Morgan fingerprint density at radius 3 is 2.69 bits per heavy atom. The highest BCUT2D eigenvalue weighted by molar-refractivity contribution is 6.32. The lowest BCUT2D eigenvalue weighted by atomic mass is 10.0. The van der Waals surface area contributed by atoms with E-state index in [0.29, 0.717) is 16.2 Å². The molecule has 2 N–H and O–H groups in total. The van der Waals surface area contributed by atoms with E-state index in [-0.39, 0.29) is 12.2 Å². The maximum Gasteiger partial charge on any atom is 0.352 e. The van der Waals surface area contributed by atoms with E-state index in [0.717, 1.165) is 22.5 Å². The number of hydrogen-bond acceptors (Lipinski definition) is 4. The van der Waals surface area contributed by atoms with Crippen molar-refractivity contribution in [2.24, 2.45) is 0 Å². The maximum atomic E-state index is 11.4. The number of rotatable bonds is 6. The van der Waals surface area contributed by atoms with Gasteiger partial charge < -0.3 is 10.4 Å². The summed E-state index contributed by atoms with van der Waals surface area (Å²) in [5, 5.41) is 25.9. The molecule has 0 atom stereocenters. The Bertz CT molecular complexity index is 951. The summed E-state index contributed by atoms with van der Waals surface area (Å²) in [5.41, 5.74) is 4.42. The van der Waals surface area contributed by atoms with Crippen molar-refractivity contribution in [3.63, 3.8) is 0 Å². The number of carboxylic acids is 1. The first-order valence-electron chi connectivity index (χ1n) is 7.84. The molecular formula is C19H19ClN4O2. The Hall–Kier alpha value is -3.04. The third-order valence-corrected chi connectivity index (χ3v) is 4.42. The van der Waals surface area contributed by atoms with Gasteiger partial charge in [-0.25, -0.2) is 4.79 Å². The zero-order chi connectivity index (χ0) is 19.4. The molecule has 0 aliphatic heterocycles. The molecule has 0 saturated heterocycles. The van der Waals surface area contributed by atoms with Crippen LogP contribution in [0.4, 0.5) is 0 Å². The van der Waals surface area contributed by atoms with Gasteiger partial charge in [0, 0.05) is 23.9 Å². The van der Waals surface area contributed by atoms with E-state index in [9.17, 15) is 9.90 Å². The average molecular weight is 371 g/mol. The van der Waals surface area contributed by atoms with Crippen LogP contribution < -0.4 is 5.32 Å². The third kappa shape index (κ3) is 3.63. The van der Waals surface area contributed by atoms with E-state index in [1.165, 1.54) is 6.08 Å². The molecule has 0 radical (unpaired) electrons. The number of nitrogens with zero attached hydrogens (tertiary/aromatic N) is 3. The smallest absolute Gasteiger partial charge is 0.352 e. The monoisotopic (exact) mass is 370 g/mol. The molecular weight excluding hydrogens is 352 g/mol. The minimum atomic E-state index is -1.05. The zero-order valence-corrected chi connectivity index (χ0v) is 15.6. The Balaban J connectivity index is 2.52. The summed E-state index contributed by atoms with van der Waals surface area (Å²) >= 11 is 6.15. The molecule has 0 saturated carbocycles. The van der Waals surface area contributed by atoms with Crippen molar-refractivity contribution < 1.29 is 9.90 Å². The van der Waals surface area contributed by atoms with Crippen molar-refractivity contribution in [1.29, 1.82) is 5.26 Å². The van der Waals surface area contributed by atoms with Crippen molar-refractivity contribution in [3.05, 3.63) is 64.1 Å². The Labute approximate surface area is 157 Å². The highest BCUT2D eigenvalue weighted by Crippen LogP contribution is 2.30. The van der Waals surface area contributed by atoms with Gasteiger partial charge in [-0.3, -0.25) is 4.68 Å². The fourth-order valence-corrected chi connectivity index (χ4v) is 3.06. The predicted octanol–water partition coefficient (Wildman–Crippen LogP) is 3.44. The molecule has 1 heterocycles. The minimum Gasteiger partial charge on any atom is -0.477 e. The van der Waals surface area contributed by atoms with Crippen LogP contribution in [0.2, 0.25) is 5.02 Å². The molecule has 0 aliphatic rings. The molecule has 0 unspecified atom stereocenters. The first-order valence-corrected chi connectivity index (χ1v) is 8.22. The molecule has 2 aromatic rings. The van der Waals surface area contributed by atoms with Crippen LogP contribution in [0, 0.1) is 25.2 Å². The van der Waals surface area contributed by atoms with Crippen molar-refractivity contribution in [2.45, 2.75) is 20.4 Å². The number of carboxylic acid groups (broad SMARTS) is 1. The van der Waals surface area contributed by atoms with E-state index >= 15 is 0 Å². The average Bonchev–Trinajstić information content (AvgIpc) is 2.87. The zero-order valence-electron chi connectivity index (χ0n) is 14.8. The molecule has 26 heavy (non-hydrogen) atoms. The molecule has 2 rings (SSSR count). The molecule has 0 bridgehead atoms. The van der Waals surface area contributed by atoms with Gasteiger partial charge in [-0.05, 0) is 31.5 Å². The summed E-state index contributed by atoms with van der Waals surface area (Å²) in [5.74, 6) is -1.05. The number of nitriles is 1. The van der Waals surface area contributed by atoms with E-state index in [2.05, 4.69) is 17.0 Å². The van der Waals surface area contributed by atoms with Gasteiger partial charge in [0.2, 0.25) is 0 Å². The largest absolute Gasteiger partial charge is 0.477 e. The lowest BCUT2D eigenvalue weighted by Gasteiger charge is -2.11. The molecule has 1 aromatic heterocycles. The van der Waals surface area contributed by atoms with Crippen LogP contribution in [0.1, 0.15) is 17.0 Å².